The van der Waals surface area contributed by atoms with Crippen molar-refractivity contribution in [1.82, 2.24) is 20.6 Å². The highest BCUT2D eigenvalue weighted by molar-refractivity contribution is 6.33. The molecule has 2 atom stereocenters. The molecule has 2 heterocycles. The molecule has 1 aliphatic heterocycles. The molecule has 118 valence electrons. The number of carbonyl (C=O) groups is 1. The molecule has 0 bridgehead atoms. The second-order valence-corrected chi connectivity index (χ2v) is 6.04. The summed E-state index contributed by atoms with van der Waals surface area (Å²) in [4.78, 5) is 20.7. The van der Waals surface area contributed by atoms with Gasteiger partial charge in [-0.05, 0) is 26.3 Å². The van der Waals surface area contributed by atoms with Gasteiger partial charge in [-0.15, -0.1) is 12.4 Å². The summed E-state index contributed by atoms with van der Waals surface area (Å²) in [7, 11) is 0. The molecule has 1 amide bonds. The van der Waals surface area contributed by atoms with E-state index >= 15 is 0 Å². The van der Waals surface area contributed by atoms with E-state index in [0.29, 0.717) is 16.9 Å². The van der Waals surface area contributed by atoms with Gasteiger partial charge in [0.2, 0.25) is 0 Å². The Labute approximate surface area is 136 Å². The Morgan fingerprint density at radius 2 is 2.24 bits per heavy atom. The molecule has 21 heavy (non-hydrogen) atoms. The minimum Gasteiger partial charge on any atom is -0.348 e. The zero-order valence-electron chi connectivity index (χ0n) is 12.5. The molecule has 2 rings (SSSR count). The fraction of sp³-hybridized carbons (Fsp3) is 0.643. The van der Waals surface area contributed by atoms with Gasteiger partial charge in [-0.3, -0.25) is 4.79 Å². The van der Waals surface area contributed by atoms with E-state index in [1.54, 1.807) is 0 Å². The Kier molecular flexibility index (Phi) is 6.84. The van der Waals surface area contributed by atoms with Gasteiger partial charge < -0.3 is 10.6 Å². The fourth-order valence-electron chi connectivity index (χ4n) is 2.33. The number of halogens is 2. The Morgan fingerprint density at radius 3 is 2.86 bits per heavy atom. The molecule has 1 aromatic heterocycles. The Bertz CT molecular complexity index is 496. The van der Waals surface area contributed by atoms with Gasteiger partial charge in [0, 0.05) is 18.0 Å². The maximum atomic E-state index is 12.3. The van der Waals surface area contributed by atoms with Crippen LogP contribution in [0.2, 0.25) is 5.02 Å². The van der Waals surface area contributed by atoms with Crippen LogP contribution < -0.4 is 10.6 Å². The molecule has 2 unspecified atom stereocenters. The molecular weight excluding hydrogens is 311 g/mol. The topological polar surface area (TPSA) is 66.9 Å². The van der Waals surface area contributed by atoms with Crippen LogP contribution in [0, 0.1) is 0 Å². The van der Waals surface area contributed by atoms with Crippen LogP contribution in [0.4, 0.5) is 0 Å². The van der Waals surface area contributed by atoms with Gasteiger partial charge in [0.15, 0.2) is 0 Å². The Balaban J connectivity index is 0.00000220. The lowest BCUT2D eigenvalue weighted by molar-refractivity contribution is 0.0920. The lowest BCUT2D eigenvalue weighted by Crippen LogP contribution is -2.46. The monoisotopic (exact) mass is 332 g/mol. The van der Waals surface area contributed by atoms with Crippen molar-refractivity contribution in [3.8, 4) is 0 Å². The van der Waals surface area contributed by atoms with E-state index in [0.717, 1.165) is 19.4 Å². The van der Waals surface area contributed by atoms with E-state index in [-0.39, 0.29) is 36.0 Å². The molecule has 0 radical (unpaired) electrons. The SMILES string of the molecule is CC1CC(NC(=O)c2nc(C(C)C)ncc2Cl)CCN1.Cl. The number of piperidine rings is 1. The van der Waals surface area contributed by atoms with E-state index in [1.807, 2.05) is 13.8 Å². The van der Waals surface area contributed by atoms with Crippen LogP contribution >= 0.6 is 24.0 Å². The highest BCUT2D eigenvalue weighted by atomic mass is 35.5. The average Bonchev–Trinajstić information content (AvgIpc) is 2.38. The summed E-state index contributed by atoms with van der Waals surface area (Å²) < 4.78 is 0. The maximum absolute atomic E-state index is 12.3. The third-order valence-electron chi connectivity index (χ3n) is 3.45. The zero-order chi connectivity index (χ0) is 14.7. The summed E-state index contributed by atoms with van der Waals surface area (Å²) in [5, 5.41) is 6.68. The molecule has 0 saturated carbocycles. The molecular formula is C14H22Cl2N4O. The molecule has 5 nitrogen and oxygen atoms in total. The quantitative estimate of drug-likeness (QED) is 0.892. The van der Waals surface area contributed by atoms with E-state index in [9.17, 15) is 4.79 Å². The van der Waals surface area contributed by atoms with Gasteiger partial charge in [0.1, 0.15) is 11.5 Å². The molecule has 1 fully saturated rings. The first kappa shape index (κ1) is 18.1. The minimum atomic E-state index is -0.210. The van der Waals surface area contributed by atoms with Gasteiger partial charge in [0.25, 0.3) is 5.91 Å². The number of nitrogens with one attached hydrogen (secondary N) is 2. The van der Waals surface area contributed by atoms with Crippen LogP contribution in [0.25, 0.3) is 0 Å². The highest BCUT2D eigenvalue weighted by Crippen LogP contribution is 2.17. The lowest BCUT2D eigenvalue weighted by atomic mass is 10.0. The second kappa shape index (κ2) is 7.92. The summed E-state index contributed by atoms with van der Waals surface area (Å²) in [5.74, 6) is 0.592. The minimum absolute atomic E-state index is 0. The van der Waals surface area contributed by atoms with Crippen LogP contribution in [0.5, 0.6) is 0 Å². The summed E-state index contributed by atoms with van der Waals surface area (Å²) in [5.41, 5.74) is 0.275. The van der Waals surface area contributed by atoms with Crippen LogP contribution in [0.1, 0.15) is 55.8 Å². The van der Waals surface area contributed by atoms with Crippen LogP contribution in [-0.4, -0.2) is 34.5 Å². The van der Waals surface area contributed by atoms with Crippen molar-refractivity contribution in [3.63, 3.8) is 0 Å². The molecule has 2 N–H and O–H groups in total. The number of hydrogen-bond donors (Lipinski definition) is 2. The third kappa shape index (κ3) is 4.80. The number of rotatable bonds is 3. The third-order valence-corrected chi connectivity index (χ3v) is 3.73. The molecule has 1 aromatic rings. The number of hydrogen-bond acceptors (Lipinski definition) is 4. The van der Waals surface area contributed by atoms with Crippen molar-refractivity contribution in [3.05, 3.63) is 22.7 Å². The second-order valence-electron chi connectivity index (χ2n) is 5.63. The molecule has 0 spiro atoms. The highest BCUT2D eigenvalue weighted by Gasteiger charge is 2.22. The van der Waals surface area contributed by atoms with Crippen LogP contribution in [0.15, 0.2) is 6.20 Å². The standard InChI is InChI=1S/C14H21ClN4O.ClH/c1-8(2)13-17-7-11(15)12(19-13)14(20)18-10-4-5-16-9(3)6-10;/h7-10,16H,4-6H2,1-3H3,(H,18,20);1H. The number of carbonyl (C=O) groups excluding carboxylic acids is 1. The molecule has 0 aromatic carbocycles. The van der Waals surface area contributed by atoms with Crippen molar-refractivity contribution in [2.45, 2.75) is 51.6 Å². The first-order valence-electron chi connectivity index (χ1n) is 7.04. The number of nitrogens with zero attached hydrogens (tertiary/aromatic N) is 2. The predicted octanol–water partition coefficient (Wildman–Crippen LogP) is 2.55. The van der Waals surface area contributed by atoms with Crippen molar-refractivity contribution in [2.24, 2.45) is 0 Å². The first-order chi connectivity index (χ1) is 9.47. The lowest BCUT2D eigenvalue weighted by Gasteiger charge is -2.28. The summed E-state index contributed by atoms with van der Waals surface area (Å²) >= 11 is 6.04. The van der Waals surface area contributed by atoms with E-state index in [1.165, 1.54) is 6.20 Å². The first-order valence-corrected chi connectivity index (χ1v) is 7.42. The van der Waals surface area contributed by atoms with Crippen LogP contribution in [0.3, 0.4) is 0 Å². The van der Waals surface area contributed by atoms with E-state index in [4.69, 9.17) is 11.6 Å². The maximum Gasteiger partial charge on any atom is 0.271 e. The van der Waals surface area contributed by atoms with E-state index in [2.05, 4.69) is 27.5 Å². The normalized spacial score (nSPS) is 21.8. The van der Waals surface area contributed by atoms with Crippen molar-refractivity contribution >= 4 is 29.9 Å². The van der Waals surface area contributed by atoms with Gasteiger partial charge >= 0.3 is 0 Å². The van der Waals surface area contributed by atoms with Crippen molar-refractivity contribution in [2.75, 3.05) is 6.54 Å². The molecule has 1 saturated heterocycles. The van der Waals surface area contributed by atoms with Gasteiger partial charge in [-0.1, -0.05) is 25.4 Å². The average molecular weight is 333 g/mol. The van der Waals surface area contributed by atoms with Crippen molar-refractivity contribution in [1.29, 1.82) is 0 Å². The van der Waals surface area contributed by atoms with Crippen LogP contribution in [-0.2, 0) is 0 Å². The fourth-order valence-corrected chi connectivity index (χ4v) is 2.51. The van der Waals surface area contributed by atoms with Crippen molar-refractivity contribution < 1.29 is 4.79 Å². The summed E-state index contributed by atoms with van der Waals surface area (Å²) in [6.45, 7) is 7.01. The van der Waals surface area contributed by atoms with E-state index < -0.39 is 0 Å². The van der Waals surface area contributed by atoms with Gasteiger partial charge in [-0.25, -0.2) is 9.97 Å². The molecule has 1 aliphatic rings. The number of aromatic nitrogens is 2. The Hall–Kier alpha value is -0.910. The largest absolute Gasteiger partial charge is 0.348 e. The summed E-state index contributed by atoms with van der Waals surface area (Å²) in [6.07, 6.45) is 3.35. The summed E-state index contributed by atoms with van der Waals surface area (Å²) in [6, 6.07) is 0.591. The van der Waals surface area contributed by atoms with Gasteiger partial charge in [-0.2, -0.15) is 0 Å². The number of amides is 1. The molecule has 0 aliphatic carbocycles. The smallest absolute Gasteiger partial charge is 0.271 e. The molecule has 7 heteroatoms. The van der Waals surface area contributed by atoms with Gasteiger partial charge in [0.05, 0.1) is 11.2 Å². The zero-order valence-corrected chi connectivity index (χ0v) is 14.1. The Morgan fingerprint density at radius 1 is 1.52 bits per heavy atom. The predicted molar refractivity (Wildman–Crippen MR) is 86.3 cm³/mol.